The molecule has 0 aromatic carbocycles. The number of aromatic carboxylic acids is 1. The minimum absolute atomic E-state index is 0.164. The lowest BCUT2D eigenvalue weighted by molar-refractivity contribution is 0.0685. The van der Waals surface area contributed by atoms with Gasteiger partial charge in [-0.15, -0.1) is 0 Å². The van der Waals surface area contributed by atoms with Crippen molar-refractivity contribution in [3.8, 4) is 0 Å². The second kappa shape index (κ2) is 6.46. The number of hydrogen-bond acceptors (Lipinski definition) is 6. The van der Waals surface area contributed by atoms with E-state index in [0.717, 1.165) is 12.4 Å². The van der Waals surface area contributed by atoms with E-state index in [-0.39, 0.29) is 17.2 Å². The molecule has 130 valence electrons. The van der Waals surface area contributed by atoms with Crippen LogP contribution in [0.2, 0.25) is 0 Å². The molecule has 0 aliphatic carbocycles. The number of hydrogen-bond donors (Lipinski definition) is 1. The Morgan fingerprint density at radius 1 is 1.40 bits per heavy atom. The van der Waals surface area contributed by atoms with Crippen molar-refractivity contribution in [3.63, 3.8) is 0 Å². The van der Waals surface area contributed by atoms with Crippen molar-refractivity contribution >= 4 is 23.4 Å². The third-order valence-electron chi connectivity index (χ3n) is 4.41. The molecule has 3 rings (SSSR count). The lowest BCUT2D eigenvalue weighted by Crippen LogP contribution is -2.32. The van der Waals surface area contributed by atoms with Crippen molar-refractivity contribution in [1.82, 2.24) is 14.8 Å². The van der Waals surface area contributed by atoms with Crippen molar-refractivity contribution in [1.29, 1.82) is 0 Å². The average molecular weight is 342 g/mol. The molecule has 0 radical (unpaired) electrons. The Kier molecular flexibility index (Phi) is 4.35. The molecule has 0 spiro atoms. The summed E-state index contributed by atoms with van der Waals surface area (Å²) in [6, 6.07) is 4.64. The molecule has 1 aliphatic rings. The summed E-state index contributed by atoms with van der Waals surface area (Å²) in [5.41, 5.74) is 0.348. The maximum Gasteiger partial charge on any atom is 0.356 e. The standard InChI is InChI=1S/C17H18N4O4/c1-3-20(2)14-5-4-10(9-18-14)15(22)11-6-7-21-13(16(11)23)8-12(19-21)17(24)25/h4-5,8-9,11H,3,6-7H2,1-2H3,(H,24,25). The highest BCUT2D eigenvalue weighted by molar-refractivity contribution is 6.16. The monoisotopic (exact) mass is 342 g/mol. The van der Waals surface area contributed by atoms with Crippen LogP contribution in [0.1, 0.15) is 44.7 Å². The molecule has 8 nitrogen and oxygen atoms in total. The molecule has 0 saturated heterocycles. The highest BCUT2D eigenvalue weighted by atomic mass is 16.4. The fraction of sp³-hybridized carbons (Fsp3) is 0.353. The first-order chi connectivity index (χ1) is 11.9. The van der Waals surface area contributed by atoms with Gasteiger partial charge in [0.2, 0.25) is 0 Å². The van der Waals surface area contributed by atoms with Crippen LogP contribution in [0.25, 0.3) is 0 Å². The molecule has 0 fully saturated rings. The highest BCUT2D eigenvalue weighted by Crippen LogP contribution is 2.25. The van der Waals surface area contributed by atoms with Crippen molar-refractivity contribution in [2.75, 3.05) is 18.5 Å². The third kappa shape index (κ3) is 3.02. The Hall–Kier alpha value is -3.03. The highest BCUT2D eigenvalue weighted by Gasteiger charge is 2.35. The molecule has 0 bridgehead atoms. The quantitative estimate of drug-likeness (QED) is 0.648. The van der Waals surface area contributed by atoms with Gasteiger partial charge in [-0.1, -0.05) is 0 Å². The van der Waals surface area contributed by atoms with Gasteiger partial charge in [0.1, 0.15) is 11.5 Å². The molecule has 1 atom stereocenters. The SMILES string of the molecule is CCN(C)c1ccc(C(=O)C2CCn3nc(C(=O)O)cc3C2=O)cn1. The summed E-state index contributed by atoms with van der Waals surface area (Å²) in [7, 11) is 1.90. The van der Waals surface area contributed by atoms with Gasteiger partial charge in [-0.25, -0.2) is 9.78 Å². The van der Waals surface area contributed by atoms with Crippen LogP contribution in [0.15, 0.2) is 24.4 Å². The number of carbonyl (C=O) groups is 3. The summed E-state index contributed by atoms with van der Waals surface area (Å²) in [5.74, 6) is -1.98. The molecule has 1 N–H and O–H groups in total. The summed E-state index contributed by atoms with van der Waals surface area (Å²) >= 11 is 0. The van der Waals surface area contributed by atoms with E-state index in [2.05, 4.69) is 10.1 Å². The molecule has 1 aliphatic heterocycles. The van der Waals surface area contributed by atoms with Crippen molar-refractivity contribution in [2.45, 2.75) is 19.9 Å². The first-order valence-electron chi connectivity index (χ1n) is 7.99. The van der Waals surface area contributed by atoms with Crippen LogP contribution in [0.3, 0.4) is 0 Å². The molecule has 0 saturated carbocycles. The van der Waals surface area contributed by atoms with Crippen LogP contribution in [-0.2, 0) is 6.54 Å². The summed E-state index contributed by atoms with van der Waals surface area (Å²) in [6.45, 7) is 3.11. The van der Waals surface area contributed by atoms with Crippen LogP contribution in [0, 0.1) is 5.92 Å². The van der Waals surface area contributed by atoms with E-state index in [4.69, 9.17) is 5.11 Å². The van der Waals surface area contributed by atoms with E-state index in [0.29, 0.717) is 18.5 Å². The molecular formula is C17H18N4O4. The lowest BCUT2D eigenvalue weighted by atomic mass is 9.88. The number of anilines is 1. The topological polar surface area (TPSA) is 105 Å². The number of Topliss-reactive ketones (excluding diaryl/α,β-unsaturated/α-hetero) is 2. The number of aromatic nitrogens is 3. The molecule has 3 heterocycles. The third-order valence-corrected chi connectivity index (χ3v) is 4.41. The predicted octanol–water partition coefficient (Wildman–Crippen LogP) is 1.52. The van der Waals surface area contributed by atoms with E-state index in [1.165, 1.54) is 16.9 Å². The van der Waals surface area contributed by atoms with E-state index < -0.39 is 17.7 Å². The zero-order valence-corrected chi connectivity index (χ0v) is 14.0. The number of nitrogens with zero attached hydrogens (tertiary/aromatic N) is 4. The molecule has 1 unspecified atom stereocenters. The van der Waals surface area contributed by atoms with Gasteiger partial charge in [-0.05, 0) is 25.5 Å². The first kappa shape index (κ1) is 16.8. The van der Waals surface area contributed by atoms with Crippen LogP contribution in [-0.4, -0.2) is 51.0 Å². The minimum Gasteiger partial charge on any atom is -0.476 e. The summed E-state index contributed by atoms with van der Waals surface area (Å²) < 4.78 is 1.35. The largest absolute Gasteiger partial charge is 0.476 e. The van der Waals surface area contributed by atoms with Crippen LogP contribution >= 0.6 is 0 Å². The maximum absolute atomic E-state index is 12.7. The van der Waals surface area contributed by atoms with Gasteiger partial charge in [-0.3, -0.25) is 14.3 Å². The maximum atomic E-state index is 12.7. The number of rotatable bonds is 5. The smallest absolute Gasteiger partial charge is 0.356 e. The number of fused-ring (bicyclic) bond motifs is 1. The normalized spacial score (nSPS) is 16.4. The predicted molar refractivity (Wildman–Crippen MR) is 89.1 cm³/mol. The lowest BCUT2D eigenvalue weighted by Gasteiger charge is -2.21. The van der Waals surface area contributed by atoms with Gasteiger partial charge in [0.05, 0.1) is 5.92 Å². The molecule has 25 heavy (non-hydrogen) atoms. The Morgan fingerprint density at radius 3 is 2.76 bits per heavy atom. The summed E-state index contributed by atoms with van der Waals surface area (Å²) in [4.78, 5) is 42.5. The van der Waals surface area contributed by atoms with Gasteiger partial charge >= 0.3 is 5.97 Å². The fourth-order valence-electron chi connectivity index (χ4n) is 2.82. The Morgan fingerprint density at radius 2 is 2.16 bits per heavy atom. The second-order valence-corrected chi connectivity index (χ2v) is 5.93. The molecule has 2 aromatic heterocycles. The van der Waals surface area contributed by atoms with Gasteiger partial charge in [0.25, 0.3) is 0 Å². The van der Waals surface area contributed by atoms with Crippen molar-refractivity contribution in [3.05, 3.63) is 41.3 Å². The van der Waals surface area contributed by atoms with Gasteiger partial charge in [0, 0.05) is 38.0 Å². The van der Waals surface area contributed by atoms with E-state index in [1.807, 2.05) is 18.9 Å². The zero-order valence-electron chi connectivity index (χ0n) is 14.0. The first-order valence-corrected chi connectivity index (χ1v) is 7.99. The van der Waals surface area contributed by atoms with E-state index >= 15 is 0 Å². The van der Waals surface area contributed by atoms with E-state index in [1.54, 1.807) is 12.1 Å². The minimum atomic E-state index is -1.20. The van der Waals surface area contributed by atoms with Crippen LogP contribution in [0.5, 0.6) is 0 Å². The number of carboxylic acids is 1. The molecule has 8 heteroatoms. The number of pyridine rings is 1. The fourth-order valence-corrected chi connectivity index (χ4v) is 2.82. The molecular weight excluding hydrogens is 324 g/mol. The Labute approximate surface area is 144 Å². The Bertz CT molecular complexity index is 841. The summed E-state index contributed by atoms with van der Waals surface area (Å²) in [5, 5.41) is 12.9. The molecule has 0 amide bonds. The van der Waals surface area contributed by atoms with Gasteiger partial charge in [0.15, 0.2) is 17.3 Å². The molecule has 2 aromatic rings. The number of carboxylic acid groups (broad SMARTS) is 1. The van der Waals surface area contributed by atoms with Crippen molar-refractivity contribution in [2.24, 2.45) is 5.92 Å². The Balaban J connectivity index is 1.83. The summed E-state index contributed by atoms with van der Waals surface area (Å²) in [6.07, 6.45) is 1.77. The number of aryl methyl sites for hydroxylation is 1. The second-order valence-electron chi connectivity index (χ2n) is 5.93. The average Bonchev–Trinajstić information content (AvgIpc) is 3.06. The van der Waals surface area contributed by atoms with Crippen molar-refractivity contribution < 1.29 is 19.5 Å². The van der Waals surface area contributed by atoms with E-state index in [9.17, 15) is 14.4 Å². The van der Waals surface area contributed by atoms with Gasteiger partial charge < -0.3 is 10.0 Å². The number of ketones is 2. The zero-order chi connectivity index (χ0) is 18.1. The number of carbonyl (C=O) groups excluding carboxylic acids is 2. The van der Waals surface area contributed by atoms with Crippen LogP contribution < -0.4 is 4.90 Å². The van der Waals surface area contributed by atoms with Gasteiger partial charge in [-0.2, -0.15) is 5.10 Å². The van der Waals surface area contributed by atoms with Crippen LogP contribution in [0.4, 0.5) is 5.82 Å².